The smallest absolute Gasteiger partial charge is 0.124 e. The molecule has 1 N–H and O–H groups in total. The molecule has 1 aromatic carbocycles. The van der Waals surface area contributed by atoms with Gasteiger partial charge in [-0.3, -0.25) is 0 Å². The molecular formula is C17H29NO2. The highest BCUT2D eigenvalue weighted by atomic mass is 16.5. The summed E-state index contributed by atoms with van der Waals surface area (Å²) in [5.41, 5.74) is 2.03. The van der Waals surface area contributed by atoms with Gasteiger partial charge in [0.2, 0.25) is 0 Å². The average molecular weight is 279 g/mol. The van der Waals surface area contributed by atoms with Crippen LogP contribution in [0.3, 0.4) is 0 Å². The molecule has 3 nitrogen and oxygen atoms in total. The number of methoxy groups -OCH3 is 1. The number of likely N-dealkylation sites (N-methyl/N-ethyl adjacent to an activating group) is 1. The van der Waals surface area contributed by atoms with Gasteiger partial charge in [0.25, 0.3) is 0 Å². The molecule has 0 aliphatic carbocycles. The quantitative estimate of drug-likeness (QED) is 0.791. The fourth-order valence-electron chi connectivity index (χ4n) is 2.36. The SMILES string of the molecule is CCC(C)CN(CC)CC(O)c1cc(C)ccc1OC. The second-order valence-electron chi connectivity index (χ2n) is 5.63. The number of rotatable bonds is 8. The molecule has 1 aromatic rings. The van der Waals surface area contributed by atoms with Crippen LogP contribution in [0.2, 0.25) is 0 Å². The Kier molecular flexibility index (Phi) is 7.03. The molecule has 0 bridgehead atoms. The number of hydrogen-bond acceptors (Lipinski definition) is 3. The van der Waals surface area contributed by atoms with Crippen molar-refractivity contribution in [3.05, 3.63) is 29.3 Å². The maximum absolute atomic E-state index is 10.5. The lowest BCUT2D eigenvalue weighted by Crippen LogP contribution is -2.32. The summed E-state index contributed by atoms with van der Waals surface area (Å²) in [5, 5.41) is 10.5. The van der Waals surface area contributed by atoms with E-state index >= 15 is 0 Å². The molecule has 2 unspecified atom stereocenters. The van der Waals surface area contributed by atoms with Gasteiger partial charge >= 0.3 is 0 Å². The molecule has 0 aliphatic rings. The lowest BCUT2D eigenvalue weighted by atomic mass is 10.0. The summed E-state index contributed by atoms with van der Waals surface area (Å²) in [6.07, 6.45) is 0.661. The molecule has 0 amide bonds. The highest BCUT2D eigenvalue weighted by molar-refractivity contribution is 5.38. The molecule has 0 saturated carbocycles. The van der Waals surface area contributed by atoms with E-state index < -0.39 is 6.10 Å². The normalized spacial score (nSPS) is 14.3. The van der Waals surface area contributed by atoms with E-state index in [1.807, 2.05) is 25.1 Å². The molecule has 0 heterocycles. The maximum Gasteiger partial charge on any atom is 0.124 e. The van der Waals surface area contributed by atoms with Crippen molar-refractivity contribution in [3.63, 3.8) is 0 Å². The van der Waals surface area contributed by atoms with Crippen LogP contribution in [0.1, 0.15) is 44.4 Å². The van der Waals surface area contributed by atoms with E-state index in [4.69, 9.17) is 4.74 Å². The zero-order valence-corrected chi connectivity index (χ0v) is 13.5. The Balaban J connectivity index is 2.78. The summed E-state index contributed by atoms with van der Waals surface area (Å²) in [5.74, 6) is 1.42. The van der Waals surface area contributed by atoms with Crippen LogP contribution in [0.5, 0.6) is 5.75 Å². The molecule has 2 atom stereocenters. The van der Waals surface area contributed by atoms with Gasteiger partial charge < -0.3 is 14.7 Å². The van der Waals surface area contributed by atoms with E-state index in [9.17, 15) is 5.11 Å². The zero-order valence-electron chi connectivity index (χ0n) is 13.5. The molecular weight excluding hydrogens is 250 g/mol. The predicted octanol–water partition coefficient (Wildman–Crippen LogP) is 3.41. The second-order valence-corrected chi connectivity index (χ2v) is 5.63. The second kappa shape index (κ2) is 8.28. The van der Waals surface area contributed by atoms with Gasteiger partial charge in [-0.05, 0) is 31.5 Å². The van der Waals surface area contributed by atoms with Crippen LogP contribution < -0.4 is 4.74 Å². The van der Waals surface area contributed by atoms with Gasteiger partial charge in [0.05, 0.1) is 13.2 Å². The van der Waals surface area contributed by atoms with Gasteiger partial charge in [-0.2, -0.15) is 0 Å². The minimum Gasteiger partial charge on any atom is -0.496 e. The van der Waals surface area contributed by atoms with E-state index in [0.717, 1.165) is 30.0 Å². The third kappa shape index (κ3) is 4.80. The molecule has 0 fully saturated rings. The molecule has 3 heteroatoms. The fraction of sp³-hybridized carbons (Fsp3) is 0.647. The third-order valence-corrected chi connectivity index (χ3v) is 3.89. The summed E-state index contributed by atoms with van der Waals surface area (Å²) in [4.78, 5) is 2.31. The third-order valence-electron chi connectivity index (χ3n) is 3.89. The van der Waals surface area contributed by atoms with E-state index in [0.29, 0.717) is 12.5 Å². The molecule has 114 valence electrons. The van der Waals surface area contributed by atoms with Crippen molar-refractivity contribution in [1.29, 1.82) is 0 Å². The van der Waals surface area contributed by atoms with Gasteiger partial charge in [-0.1, -0.05) is 38.8 Å². The minimum atomic E-state index is -0.506. The van der Waals surface area contributed by atoms with Crippen LogP contribution in [0.4, 0.5) is 0 Å². The summed E-state index contributed by atoms with van der Waals surface area (Å²) in [6.45, 7) is 11.3. The van der Waals surface area contributed by atoms with Crippen LogP contribution in [-0.2, 0) is 0 Å². The van der Waals surface area contributed by atoms with Gasteiger partial charge in [-0.25, -0.2) is 0 Å². The standard InChI is InChI=1S/C17H29NO2/c1-6-13(3)11-18(7-2)12-16(19)15-10-14(4)8-9-17(15)20-5/h8-10,13,16,19H,6-7,11-12H2,1-5H3. The Bertz CT molecular complexity index is 406. The van der Waals surface area contributed by atoms with Crippen molar-refractivity contribution < 1.29 is 9.84 Å². The number of aliphatic hydroxyl groups is 1. The summed E-state index contributed by atoms with van der Waals surface area (Å²) in [6, 6.07) is 5.95. The molecule has 0 saturated heterocycles. The predicted molar refractivity (Wildman–Crippen MR) is 84.3 cm³/mol. The Morgan fingerprint density at radius 3 is 2.50 bits per heavy atom. The highest BCUT2D eigenvalue weighted by Gasteiger charge is 2.17. The molecule has 1 rings (SSSR count). The van der Waals surface area contributed by atoms with Crippen molar-refractivity contribution in [2.45, 2.75) is 40.2 Å². The summed E-state index contributed by atoms with van der Waals surface area (Å²) >= 11 is 0. The van der Waals surface area contributed by atoms with E-state index in [1.54, 1.807) is 7.11 Å². The summed E-state index contributed by atoms with van der Waals surface area (Å²) < 4.78 is 5.36. The van der Waals surface area contributed by atoms with Gasteiger partial charge in [0.1, 0.15) is 5.75 Å². The zero-order chi connectivity index (χ0) is 15.1. The monoisotopic (exact) mass is 279 g/mol. The first kappa shape index (κ1) is 17.0. The van der Waals surface area contributed by atoms with Gasteiger partial charge in [-0.15, -0.1) is 0 Å². The van der Waals surface area contributed by atoms with Crippen LogP contribution in [0.25, 0.3) is 0 Å². The molecule has 0 radical (unpaired) electrons. The Labute approximate surface area is 123 Å². The Hall–Kier alpha value is -1.06. The molecule has 0 aliphatic heterocycles. The first-order chi connectivity index (χ1) is 9.51. The molecule has 0 spiro atoms. The number of aryl methyl sites for hydroxylation is 1. The first-order valence-electron chi connectivity index (χ1n) is 7.56. The average Bonchev–Trinajstić information content (AvgIpc) is 2.45. The van der Waals surface area contributed by atoms with E-state index in [1.165, 1.54) is 6.42 Å². The lowest BCUT2D eigenvalue weighted by molar-refractivity contribution is 0.105. The van der Waals surface area contributed by atoms with Crippen LogP contribution >= 0.6 is 0 Å². The van der Waals surface area contributed by atoms with Gasteiger partial charge in [0.15, 0.2) is 0 Å². The van der Waals surface area contributed by atoms with Crippen molar-refractivity contribution in [2.24, 2.45) is 5.92 Å². The van der Waals surface area contributed by atoms with E-state index in [-0.39, 0.29) is 0 Å². The first-order valence-corrected chi connectivity index (χ1v) is 7.56. The topological polar surface area (TPSA) is 32.7 Å². The van der Waals surface area contributed by atoms with Crippen molar-refractivity contribution in [1.82, 2.24) is 4.90 Å². The lowest BCUT2D eigenvalue weighted by Gasteiger charge is -2.27. The largest absolute Gasteiger partial charge is 0.496 e. The van der Waals surface area contributed by atoms with Crippen LogP contribution in [0, 0.1) is 12.8 Å². The maximum atomic E-state index is 10.5. The van der Waals surface area contributed by atoms with Crippen LogP contribution in [0.15, 0.2) is 18.2 Å². The number of aliphatic hydroxyl groups excluding tert-OH is 1. The number of nitrogens with zero attached hydrogens (tertiary/aromatic N) is 1. The van der Waals surface area contributed by atoms with Crippen molar-refractivity contribution in [3.8, 4) is 5.75 Å². The number of hydrogen-bond donors (Lipinski definition) is 1. The highest BCUT2D eigenvalue weighted by Crippen LogP contribution is 2.27. The van der Waals surface area contributed by atoms with Gasteiger partial charge in [0, 0.05) is 18.7 Å². The minimum absolute atomic E-state index is 0.506. The molecule has 0 aromatic heterocycles. The van der Waals surface area contributed by atoms with E-state index in [2.05, 4.69) is 25.7 Å². The van der Waals surface area contributed by atoms with Crippen molar-refractivity contribution >= 4 is 0 Å². The Morgan fingerprint density at radius 1 is 1.25 bits per heavy atom. The number of ether oxygens (including phenoxy) is 1. The van der Waals surface area contributed by atoms with Crippen molar-refractivity contribution in [2.75, 3.05) is 26.7 Å². The summed E-state index contributed by atoms with van der Waals surface area (Å²) in [7, 11) is 1.65. The van der Waals surface area contributed by atoms with Crippen LogP contribution in [-0.4, -0.2) is 36.8 Å². The Morgan fingerprint density at radius 2 is 1.95 bits per heavy atom. The number of benzene rings is 1. The molecule has 20 heavy (non-hydrogen) atoms. The fourth-order valence-corrected chi connectivity index (χ4v) is 2.36.